The van der Waals surface area contributed by atoms with E-state index in [0.29, 0.717) is 43.6 Å². The molecule has 0 amide bonds. The SMILES string of the molecule is COc1cc(C=Nn2c(-c3cc4ccccc4o3)nc3ccccc3c2=O)c(Br)c(Cl)c1OCc1cccc([N+](=O)[O-])c1. The average molecular weight is 660 g/mol. The first kappa shape index (κ1) is 28.1. The number of fused-ring (bicyclic) bond motifs is 2. The lowest BCUT2D eigenvalue weighted by Crippen LogP contribution is -2.20. The largest absolute Gasteiger partial charge is 0.493 e. The molecule has 0 aliphatic carbocycles. The maximum atomic E-state index is 13.6. The Bertz CT molecular complexity index is 2090. The van der Waals surface area contributed by atoms with E-state index in [1.54, 1.807) is 48.5 Å². The van der Waals surface area contributed by atoms with Crippen molar-refractivity contribution >= 4 is 61.3 Å². The van der Waals surface area contributed by atoms with Crippen LogP contribution >= 0.6 is 27.5 Å². The Morgan fingerprint density at radius 3 is 2.67 bits per heavy atom. The number of non-ortho nitro benzene ring substituents is 1. The van der Waals surface area contributed by atoms with Gasteiger partial charge in [0.05, 0.1) is 29.2 Å². The second-order valence-electron chi connectivity index (χ2n) is 9.30. The summed E-state index contributed by atoms with van der Waals surface area (Å²) in [7, 11) is 1.46. The van der Waals surface area contributed by atoms with Crippen molar-refractivity contribution in [3.63, 3.8) is 0 Å². The highest BCUT2D eigenvalue weighted by Gasteiger charge is 2.19. The highest BCUT2D eigenvalue weighted by atomic mass is 79.9. The number of ether oxygens (including phenoxy) is 2. The van der Waals surface area contributed by atoms with Crippen molar-refractivity contribution in [2.45, 2.75) is 6.61 Å². The lowest BCUT2D eigenvalue weighted by atomic mass is 10.2. The van der Waals surface area contributed by atoms with Crippen molar-refractivity contribution in [2.24, 2.45) is 5.10 Å². The van der Waals surface area contributed by atoms with Crippen LogP contribution in [0.3, 0.4) is 0 Å². The summed E-state index contributed by atoms with van der Waals surface area (Å²) in [6.45, 7) is 0.0106. The highest BCUT2D eigenvalue weighted by molar-refractivity contribution is 9.10. The number of furan rings is 1. The summed E-state index contributed by atoms with van der Waals surface area (Å²) in [6, 6.07) is 24.1. The van der Waals surface area contributed by atoms with E-state index in [0.717, 1.165) is 5.39 Å². The Kier molecular flexibility index (Phi) is 7.66. The van der Waals surface area contributed by atoms with Gasteiger partial charge in [-0.05, 0) is 51.8 Å². The van der Waals surface area contributed by atoms with Crippen LogP contribution in [-0.2, 0) is 6.61 Å². The van der Waals surface area contributed by atoms with Gasteiger partial charge in [-0.1, -0.05) is 54.1 Å². The number of halogens is 2. The van der Waals surface area contributed by atoms with E-state index < -0.39 is 4.92 Å². The number of nitrogens with zero attached hydrogens (tertiary/aromatic N) is 4. The maximum absolute atomic E-state index is 13.6. The van der Waals surface area contributed by atoms with Crippen LogP contribution in [-0.4, -0.2) is 27.9 Å². The fourth-order valence-electron chi connectivity index (χ4n) is 4.50. The van der Waals surface area contributed by atoms with E-state index in [1.807, 2.05) is 24.3 Å². The molecule has 4 aromatic carbocycles. The molecule has 10 nitrogen and oxygen atoms in total. The maximum Gasteiger partial charge on any atom is 0.282 e. The van der Waals surface area contributed by atoms with E-state index in [-0.39, 0.29) is 34.5 Å². The van der Waals surface area contributed by atoms with Gasteiger partial charge in [0, 0.05) is 27.6 Å². The van der Waals surface area contributed by atoms with Crippen LogP contribution in [0.25, 0.3) is 33.5 Å². The smallest absolute Gasteiger partial charge is 0.282 e. The monoisotopic (exact) mass is 658 g/mol. The Hall–Kier alpha value is -5.00. The number of aromatic nitrogens is 2. The summed E-state index contributed by atoms with van der Waals surface area (Å²) in [4.78, 5) is 29.0. The first-order valence-electron chi connectivity index (χ1n) is 12.8. The van der Waals surface area contributed by atoms with Gasteiger partial charge in [0.15, 0.2) is 17.3 Å². The summed E-state index contributed by atoms with van der Waals surface area (Å²) in [5, 5.41) is 17.1. The molecule has 0 radical (unpaired) electrons. The van der Waals surface area contributed by atoms with Crippen molar-refractivity contribution in [3.8, 4) is 23.1 Å². The van der Waals surface area contributed by atoms with E-state index >= 15 is 0 Å². The number of rotatable bonds is 8. The van der Waals surface area contributed by atoms with Crippen LogP contribution in [0.5, 0.6) is 11.5 Å². The zero-order valence-corrected chi connectivity index (χ0v) is 24.7. The average Bonchev–Trinajstić information content (AvgIpc) is 3.46. The minimum absolute atomic E-state index is 0.0106. The highest BCUT2D eigenvalue weighted by Crippen LogP contribution is 2.42. The normalized spacial score (nSPS) is 11.4. The third-order valence-corrected chi connectivity index (χ3v) is 8.04. The van der Waals surface area contributed by atoms with Crippen LogP contribution in [0.2, 0.25) is 5.02 Å². The molecule has 6 aromatic rings. The number of hydrogen-bond donors (Lipinski definition) is 0. The quantitative estimate of drug-likeness (QED) is 0.0937. The molecule has 0 aliphatic rings. The predicted molar refractivity (Wildman–Crippen MR) is 167 cm³/mol. The van der Waals surface area contributed by atoms with E-state index in [9.17, 15) is 14.9 Å². The lowest BCUT2D eigenvalue weighted by molar-refractivity contribution is -0.384. The van der Waals surface area contributed by atoms with Gasteiger partial charge in [0.2, 0.25) is 5.82 Å². The molecular weight excluding hydrogens is 640 g/mol. The van der Waals surface area contributed by atoms with Gasteiger partial charge in [-0.25, -0.2) is 4.98 Å². The summed E-state index contributed by atoms with van der Waals surface area (Å²) < 4.78 is 19.1. The summed E-state index contributed by atoms with van der Waals surface area (Å²) in [6.07, 6.45) is 1.45. The molecule has 0 saturated heterocycles. The Morgan fingerprint density at radius 1 is 1.09 bits per heavy atom. The van der Waals surface area contributed by atoms with Gasteiger partial charge in [0.1, 0.15) is 17.2 Å². The minimum Gasteiger partial charge on any atom is -0.493 e. The third-order valence-electron chi connectivity index (χ3n) is 6.59. The molecule has 6 rings (SSSR count). The molecule has 0 aliphatic heterocycles. The summed E-state index contributed by atoms with van der Waals surface area (Å²) in [5.41, 5.74) is 1.78. The van der Waals surface area contributed by atoms with Crippen molar-refractivity contribution in [1.82, 2.24) is 9.66 Å². The molecule has 0 unspecified atom stereocenters. The van der Waals surface area contributed by atoms with Gasteiger partial charge in [-0.3, -0.25) is 14.9 Å². The third kappa shape index (κ3) is 5.47. The molecule has 43 heavy (non-hydrogen) atoms. The molecule has 0 saturated carbocycles. The first-order chi connectivity index (χ1) is 20.8. The van der Waals surface area contributed by atoms with Crippen molar-refractivity contribution < 1.29 is 18.8 Å². The van der Waals surface area contributed by atoms with Gasteiger partial charge >= 0.3 is 0 Å². The zero-order valence-electron chi connectivity index (χ0n) is 22.4. The van der Waals surface area contributed by atoms with Crippen molar-refractivity contribution in [1.29, 1.82) is 0 Å². The summed E-state index contributed by atoms with van der Waals surface area (Å²) in [5.74, 6) is 1.12. The van der Waals surface area contributed by atoms with Crippen LogP contribution in [0, 0.1) is 10.1 Å². The fourth-order valence-corrected chi connectivity index (χ4v) is 5.16. The number of nitro benzene ring substituents is 1. The molecule has 2 aromatic heterocycles. The first-order valence-corrected chi connectivity index (χ1v) is 14.0. The molecule has 12 heteroatoms. The van der Waals surface area contributed by atoms with Crippen LogP contribution < -0.4 is 15.0 Å². The van der Waals surface area contributed by atoms with Crippen molar-refractivity contribution in [2.75, 3.05) is 7.11 Å². The minimum atomic E-state index is -0.474. The standard InChI is InChI=1S/C31H20BrClN4O6/c1-41-25-15-20(27(32)28(33)29(25)42-17-18-7-6-9-21(13-18)37(39)40)16-34-36-30(26-14-19-8-2-5-12-24(19)43-26)35-23-11-4-3-10-22(23)31(36)38/h2-16H,17H2,1H3. The Balaban J connectivity index is 1.40. The molecule has 0 atom stereocenters. The van der Waals surface area contributed by atoms with Gasteiger partial charge in [0.25, 0.3) is 11.2 Å². The van der Waals surface area contributed by atoms with Crippen LogP contribution in [0.1, 0.15) is 11.1 Å². The Morgan fingerprint density at radius 2 is 1.88 bits per heavy atom. The second-order valence-corrected chi connectivity index (χ2v) is 10.5. The van der Waals surface area contributed by atoms with Crippen LogP contribution in [0.15, 0.2) is 104 Å². The van der Waals surface area contributed by atoms with E-state index in [4.69, 9.17) is 30.5 Å². The molecule has 0 spiro atoms. The van der Waals surface area contributed by atoms with Gasteiger partial charge < -0.3 is 13.9 Å². The molecule has 2 heterocycles. The van der Waals surface area contributed by atoms with Crippen LogP contribution in [0.4, 0.5) is 5.69 Å². The van der Waals surface area contributed by atoms with Gasteiger partial charge in [-0.15, -0.1) is 0 Å². The van der Waals surface area contributed by atoms with E-state index in [2.05, 4.69) is 21.0 Å². The number of benzene rings is 4. The molecule has 0 N–H and O–H groups in total. The molecule has 214 valence electrons. The fraction of sp³-hybridized carbons (Fsp3) is 0.0645. The Labute approximate surface area is 257 Å². The number of para-hydroxylation sites is 2. The predicted octanol–water partition coefficient (Wildman–Crippen LogP) is 7.60. The molecule has 0 bridgehead atoms. The number of hydrogen-bond acceptors (Lipinski definition) is 8. The molecule has 0 fully saturated rings. The number of nitro groups is 1. The second kappa shape index (κ2) is 11.7. The summed E-state index contributed by atoms with van der Waals surface area (Å²) >= 11 is 10.2. The topological polar surface area (TPSA) is 122 Å². The lowest BCUT2D eigenvalue weighted by Gasteiger charge is -2.15. The van der Waals surface area contributed by atoms with Crippen molar-refractivity contribution in [3.05, 3.63) is 126 Å². The van der Waals surface area contributed by atoms with E-state index in [1.165, 1.54) is 30.1 Å². The molecular formula is C31H20BrClN4O6. The zero-order chi connectivity index (χ0) is 30.1. The number of methoxy groups -OCH3 is 1. The van der Waals surface area contributed by atoms with Gasteiger partial charge in [-0.2, -0.15) is 9.78 Å².